The third-order valence-electron chi connectivity index (χ3n) is 7.22. The van der Waals surface area contributed by atoms with Gasteiger partial charge in [0.1, 0.15) is 11.1 Å². The maximum absolute atomic E-state index is 13.3. The Balaban J connectivity index is 1.54. The highest BCUT2D eigenvalue weighted by molar-refractivity contribution is 6.51. The van der Waals surface area contributed by atoms with Crippen molar-refractivity contribution in [3.05, 3.63) is 54.6 Å². The van der Waals surface area contributed by atoms with Gasteiger partial charge in [-0.15, -0.1) is 0 Å². The summed E-state index contributed by atoms with van der Waals surface area (Å²) in [6.07, 6.45) is 1.06. The lowest BCUT2D eigenvalue weighted by atomic mass is 9.64. The number of oxime groups is 1. The summed E-state index contributed by atoms with van der Waals surface area (Å²) in [5.41, 5.74) is -0.457. The van der Waals surface area contributed by atoms with Crippen LogP contribution in [-0.2, 0) is 9.59 Å². The number of carbonyl (C=O) groups excluding carboxylic acids is 2. The first kappa shape index (κ1) is 19.9. The summed E-state index contributed by atoms with van der Waals surface area (Å²) in [5.74, 6) is -0.743. The van der Waals surface area contributed by atoms with Crippen LogP contribution in [0.15, 0.2) is 70.0 Å². The van der Waals surface area contributed by atoms with Crippen LogP contribution in [0.4, 0.5) is 17.1 Å². The monoisotopic (exact) mass is 404 g/mol. The number of Topliss-reactive ketones (excluding diaryl/α,β-unsaturated/α-hetero) is 1. The van der Waals surface area contributed by atoms with Crippen LogP contribution in [0.2, 0.25) is 0 Å². The van der Waals surface area contributed by atoms with E-state index in [-0.39, 0.29) is 17.4 Å². The zero-order chi connectivity index (χ0) is 21.6. The molecule has 0 heterocycles. The quantitative estimate of drug-likeness (QED) is 0.314. The van der Waals surface area contributed by atoms with E-state index in [4.69, 9.17) is 0 Å². The molecule has 1 amide bonds. The van der Waals surface area contributed by atoms with Crippen molar-refractivity contribution >= 4 is 34.5 Å². The summed E-state index contributed by atoms with van der Waals surface area (Å²) in [6, 6.07) is 16.4. The van der Waals surface area contributed by atoms with Crippen LogP contribution in [-0.4, -0.2) is 22.6 Å². The molecule has 0 radical (unpaired) electrons. The van der Waals surface area contributed by atoms with Crippen LogP contribution in [0, 0.1) is 16.2 Å². The van der Waals surface area contributed by atoms with Gasteiger partial charge in [-0.25, -0.2) is 0 Å². The topological polar surface area (TPSA) is 103 Å². The van der Waals surface area contributed by atoms with Crippen molar-refractivity contribution in [1.82, 2.24) is 0 Å². The normalized spacial score (nSPS) is 28.4. The van der Waals surface area contributed by atoms with Gasteiger partial charge < -0.3 is 10.5 Å². The molecule has 2 atom stereocenters. The Morgan fingerprint density at radius 3 is 2.10 bits per heavy atom. The predicted molar refractivity (Wildman–Crippen MR) is 113 cm³/mol. The predicted octanol–water partition coefficient (Wildman–Crippen LogP) is 5.27. The molecule has 0 saturated heterocycles. The summed E-state index contributed by atoms with van der Waals surface area (Å²) < 4.78 is 0. The molecule has 0 aliphatic heterocycles. The van der Waals surface area contributed by atoms with Gasteiger partial charge in [0.05, 0.1) is 11.4 Å². The number of fused-ring (bicyclic) bond motifs is 2. The third kappa shape index (κ3) is 2.61. The molecular weight excluding hydrogens is 380 g/mol. The summed E-state index contributed by atoms with van der Waals surface area (Å²) in [7, 11) is 0. The fourth-order valence-corrected chi connectivity index (χ4v) is 4.91. The Kier molecular flexibility index (Phi) is 4.56. The SMILES string of the molecule is CC12CCC(C(=O)Nc3ccc(N=Nc4ccccc4)cc3)(C(=O)/C1=N\O)C2(C)C. The number of nitrogens with one attached hydrogen (secondary N) is 1. The van der Waals surface area contributed by atoms with Crippen LogP contribution in [0.1, 0.15) is 33.6 Å². The molecule has 2 bridgehead atoms. The molecule has 7 heteroatoms. The number of ketones is 1. The number of nitrogens with zero attached hydrogens (tertiary/aromatic N) is 3. The van der Waals surface area contributed by atoms with E-state index < -0.39 is 16.2 Å². The number of rotatable bonds is 4. The van der Waals surface area contributed by atoms with Gasteiger partial charge >= 0.3 is 0 Å². The van der Waals surface area contributed by atoms with E-state index in [0.717, 1.165) is 5.69 Å². The zero-order valence-electron chi connectivity index (χ0n) is 17.2. The molecule has 2 N–H and O–H groups in total. The Labute approximate surface area is 174 Å². The molecule has 154 valence electrons. The minimum Gasteiger partial charge on any atom is -0.411 e. The van der Waals surface area contributed by atoms with Crippen LogP contribution in [0.5, 0.6) is 0 Å². The van der Waals surface area contributed by atoms with Gasteiger partial charge in [0.2, 0.25) is 5.91 Å². The second-order valence-electron chi connectivity index (χ2n) is 8.68. The van der Waals surface area contributed by atoms with Gasteiger partial charge in [-0.05, 0) is 54.7 Å². The average molecular weight is 404 g/mol. The summed E-state index contributed by atoms with van der Waals surface area (Å²) >= 11 is 0. The van der Waals surface area contributed by atoms with E-state index in [1.54, 1.807) is 24.3 Å². The molecule has 2 aromatic rings. The maximum Gasteiger partial charge on any atom is 0.239 e. The van der Waals surface area contributed by atoms with Crippen molar-refractivity contribution in [2.75, 3.05) is 5.32 Å². The Morgan fingerprint density at radius 1 is 0.933 bits per heavy atom. The molecule has 0 spiro atoms. The largest absolute Gasteiger partial charge is 0.411 e. The summed E-state index contributed by atoms with van der Waals surface area (Å²) in [4.78, 5) is 26.4. The number of benzene rings is 2. The van der Waals surface area contributed by atoms with Crippen molar-refractivity contribution in [2.45, 2.75) is 33.6 Å². The average Bonchev–Trinajstić information content (AvgIpc) is 3.02. The second-order valence-corrected chi connectivity index (χ2v) is 8.68. The lowest BCUT2D eigenvalue weighted by Crippen LogP contribution is -2.47. The molecule has 2 aromatic carbocycles. The van der Waals surface area contributed by atoms with Gasteiger partial charge in [-0.3, -0.25) is 9.59 Å². The van der Waals surface area contributed by atoms with E-state index in [0.29, 0.717) is 24.2 Å². The van der Waals surface area contributed by atoms with Crippen molar-refractivity contribution in [3.63, 3.8) is 0 Å². The molecule has 2 unspecified atom stereocenters. The van der Waals surface area contributed by atoms with Gasteiger partial charge in [-0.2, -0.15) is 10.2 Å². The van der Waals surface area contributed by atoms with Crippen molar-refractivity contribution < 1.29 is 14.8 Å². The Bertz CT molecular complexity index is 1060. The number of hydrogen-bond donors (Lipinski definition) is 2. The molecule has 4 rings (SSSR count). The number of amides is 1. The Hall–Kier alpha value is -3.35. The zero-order valence-corrected chi connectivity index (χ0v) is 17.2. The molecule has 7 nitrogen and oxygen atoms in total. The molecular formula is C23H24N4O3. The minimum absolute atomic E-state index is 0.102. The van der Waals surface area contributed by atoms with Gasteiger partial charge in [0, 0.05) is 11.1 Å². The molecule has 2 aliphatic carbocycles. The summed E-state index contributed by atoms with van der Waals surface area (Å²) in [5, 5.41) is 23.9. The highest BCUT2D eigenvalue weighted by Gasteiger charge is 2.76. The third-order valence-corrected chi connectivity index (χ3v) is 7.22. The van der Waals surface area contributed by atoms with Crippen LogP contribution < -0.4 is 5.32 Å². The van der Waals surface area contributed by atoms with E-state index in [9.17, 15) is 14.8 Å². The molecule has 2 fully saturated rings. The standard InChI is InChI=1S/C23H24N4O3/c1-21(2)22(3)13-14-23(21,19(28)18(22)27-30)20(29)24-15-9-11-17(12-10-15)26-25-16-7-5-4-6-8-16/h4-12,30H,13-14H2,1-3H3,(H,24,29)/b26-25?,27-18+. The highest BCUT2D eigenvalue weighted by atomic mass is 16.4. The molecule has 2 aliphatic rings. The fraction of sp³-hybridized carbons (Fsp3) is 0.348. The molecule has 30 heavy (non-hydrogen) atoms. The van der Waals surface area contributed by atoms with E-state index in [2.05, 4.69) is 20.7 Å². The number of hydrogen-bond acceptors (Lipinski definition) is 6. The van der Waals surface area contributed by atoms with Crippen LogP contribution in [0.3, 0.4) is 0 Å². The first-order valence-corrected chi connectivity index (χ1v) is 9.92. The summed E-state index contributed by atoms with van der Waals surface area (Å²) in [6.45, 7) is 5.71. The highest BCUT2D eigenvalue weighted by Crippen LogP contribution is 2.69. The lowest BCUT2D eigenvalue weighted by molar-refractivity contribution is -0.140. The van der Waals surface area contributed by atoms with Gasteiger partial charge in [0.15, 0.2) is 5.78 Å². The Morgan fingerprint density at radius 2 is 1.53 bits per heavy atom. The number of azo groups is 1. The fourth-order valence-electron chi connectivity index (χ4n) is 4.91. The molecule has 0 aromatic heterocycles. The smallest absolute Gasteiger partial charge is 0.239 e. The first-order chi connectivity index (χ1) is 14.3. The van der Waals surface area contributed by atoms with E-state index >= 15 is 0 Å². The maximum atomic E-state index is 13.3. The van der Waals surface area contributed by atoms with Gasteiger partial charge in [-0.1, -0.05) is 44.1 Å². The lowest BCUT2D eigenvalue weighted by Gasteiger charge is -2.37. The van der Waals surface area contributed by atoms with E-state index in [1.165, 1.54) is 0 Å². The first-order valence-electron chi connectivity index (χ1n) is 9.92. The van der Waals surface area contributed by atoms with Crippen molar-refractivity contribution in [2.24, 2.45) is 31.6 Å². The van der Waals surface area contributed by atoms with Crippen LogP contribution >= 0.6 is 0 Å². The van der Waals surface area contributed by atoms with Crippen LogP contribution in [0.25, 0.3) is 0 Å². The molecule has 2 saturated carbocycles. The number of carbonyl (C=O) groups is 2. The number of anilines is 1. The second kappa shape index (κ2) is 6.86. The van der Waals surface area contributed by atoms with E-state index in [1.807, 2.05) is 51.1 Å². The van der Waals surface area contributed by atoms with Crippen molar-refractivity contribution in [1.29, 1.82) is 0 Å². The van der Waals surface area contributed by atoms with Crippen molar-refractivity contribution in [3.8, 4) is 0 Å². The van der Waals surface area contributed by atoms with Gasteiger partial charge in [0.25, 0.3) is 0 Å². The minimum atomic E-state index is -1.24.